The molecule has 3 heterocycles. The van der Waals surface area contributed by atoms with Gasteiger partial charge >= 0.3 is 0 Å². The molecule has 5 heteroatoms. The van der Waals surface area contributed by atoms with Gasteiger partial charge in [0.25, 0.3) is 0 Å². The third-order valence-corrected chi connectivity index (χ3v) is 6.63. The highest BCUT2D eigenvalue weighted by Gasteiger charge is 2.58. The molecular weight excluding hydrogens is 288 g/mol. The Bertz CT molecular complexity index is 815. The Hall–Kier alpha value is -2.04. The lowest BCUT2D eigenvalue weighted by Crippen LogP contribution is -2.69. The first-order valence-corrected chi connectivity index (χ1v) is 8.78. The van der Waals surface area contributed by atoms with Gasteiger partial charge in [-0.3, -0.25) is 0 Å². The number of fused-ring (bicyclic) bond motifs is 2. The zero-order chi connectivity index (χ0) is 15.0. The average molecular weight is 308 g/mol. The van der Waals surface area contributed by atoms with E-state index in [4.69, 9.17) is 9.72 Å². The van der Waals surface area contributed by atoms with Gasteiger partial charge < -0.3 is 15.4 Å². The van der Waals surface area contributed by atoms with E-state index in [0.29, 0.717) is 17.7 Å². The summed E-state index contributed by atoms with van der Waals surface area (Å²) in [4.78, 5) is 9.39. The standard InChI is InChI=1S/C18H20N4O/c1-2-14-17(23-3-1)21-15-9-19-18(22-16(15)20-14)12-5-10-4-11(7-12)8-13(18)6-10/h1-3,9-13,19H,4-8H2,(H,20,22). The maximum atomic E-state index is 5.46. The predicted molar refractivity (Wildman–Crippen MR) is 86.5 cm³/mol. The smallest absolute Gasteiger partial charge is 0.245 e. The molecule has 0 radical (unpaired) electrons. The molecule has 0 amide bonds. The minimum absolute atomic E-state index is 0.00526. The van der Waals surface area contributed by atoms with Gasteiger partial charge in [-0.25, -0.2) is 9.97 Å². The molecule has 2 N–H and O–H groups in total. The highest BCUT2D eigenvalue weighted by Crippen LogP contribution is 2.58. The Kier molecular flexibility index (Phi) is 2.20. The Balaban J connectivity index is 1.46. The van der Waals surface area contributed by atoms with Crippen LogP contribution in [-0.4, -0.2) is 15.6 Å². The molecule has 1 spiro atoms. The van der Waals surface area contributed by atoms with Crippen molar-refractivity contribution >= 4 is 18.1 Å². The number of anilines is 1. The molecule has 0 unspecified atom stereocenters. The Morgan fingerprint density at radius 1 is 1.00 bits per heavy atom. The topological polar surface area (TPSA) is 59.1 Å². The van der Waals surface area contributed by atoms with Crippen LogP contribution in [0.4, 0.5) is 5.82 Å². The van der Waals surface area contributed by atoms with Crippen molar-refractivity contribution < 1.29 is 4.74 Å². The number of allylic oxidation sites excluding steroid dienone is 1. The number of rotatable bonds is 0. The van der Waals surface area contributed by atoms with Crippen LogP contribution in [0.3, 0.4) is 0 Å². The Labute approximate surface area is 134 Å². The predicted octanol–water partition coefficient (Wildman–Crippen LogP) is 1.07. The summed E-state index contributed by atoms with van der Waals surface area (Å²) in [5.41, 5.74) is -0.00526. The monoisotopic (exact) mass is 308 g/mol. The number of aromatic nitrogens is 2. The molecule has 0 aromatic carbocycles. The van der Waals surface area contributed by atoms with Gasteiger partial charge in [0.1, 0.15) is 16.4 Å². The normalized spacial score (nSPS) is 41.0. The molecule has 4 fully saturated rings. The van der Waals surface area contributed by atoms with Crippen LogP contribution < -0.4 is 26.1 Å². The maximum absolute atomic E-state index is 5.46. The van der Waals surface area contributed by atoms with E-state index in [1.807, 2.05) is 12.2 Å². The van der Waals surface area contributed by atoms with E-state index < -0.39 is 0 Å². The second-order valence-electron chi connectivity index (χ2n) is 7.85. The molecule has 2 aliphatic heterocycles. The SMILES string of the molecule is C1=COc2nc3c(nc2=C1)NC1(NC=3)C2CC3CC(C2)CC1C3. The van der Waals surface area contributed by atoms with Gasteiger partial charge in [-0.15, -0.1) is 0 Å². The first-order chi connectivity index (χ1) is 11.3. The summed E-state index contributed by atoms with van der Waals surface area (Å²) < 4.78 is 5.46. The fourth-order valence-electron chi connectivity index (χ4n) is 5.85. The number of hydrogen-bond donors (Lipinski definition) is 2. The van der Waals surface area contributed by atoms with Crippen LogP contribution in [0.2, 0.25) is 0 Å². The summed E-state index contributed by atoms with van der Waals surface area (Å²) in [5, 5.41) is 9.17. The lowest BCUT2D eigenvalue weighted by Gasteiger charge is -2.61. The number of nitrogens with one attached hydrogen (secondary N) is 2. The summed E-state index contributed by atoms with van der Waals surface area (Å²) in [7, 11) is 0. The number of ether oxygens (including phenoxy) is 1. The highest BCUT2D eigenvalue weighted by atomic mass is 16.5. The van der Waals surface area contributed by atoms with Crippen LogP contribution in [0.25, 0.3) is 12.3 Å². The number of nitrogens with zero attached hydrogens (tertiary/aromatic N) is 2. The van der Waals surface area contributed by atoms with Gasteiger partial charge in [0.05, 0.1) is 6.26 Å². The third-order valence-electron chi connectivity index (χ3n) is 6.63. The van der Waals surface area contributed by atoms with E-state index in [2.05, 4.69) is 21.8 Å². The summed E-state index contributed by atoms with van der Waals surface area (Å²) in [6, 6.07) is 0. The van der Waals surface area contributed by atoms with Crippen LogP contribution in [0.15, 0.2) is 12.3 Å². The van der Waals surface area contributed by atoms with Crippen molar-refractivity contribution in [1.82, 2.24) is 15.3 Å². The van der Waals surface area contributed by atoms with Gasteiger partial charge in [0, 0.05) is 18.0 Å². The van der Waals surface area contributed by atoms with Gasteiger partial charge in [0.2, 0.25) is 5.88 Å². The highest BCUT2D eigenvalue weighted by molar-refractivity contribution is 5.51. The van der Waals surface area contributed by atoms with Crippen molar-refractivity contribution in [2.45, 2.75) is 37.8 Å². The van der Waals surface area contributed by atoms with E-state index in [1.54, 1.807) is 6.26 Å². The summed E-state index contributed by atoms with van der Waals surface area (Å²) in [6.07, 6.45) is 14.4. The van der Waals surface area contributed by atoms with Crippen LogP contribution in [0, 0.1) is 23.7 Å². The van der Waals surface area contributed by atoms with Gasteiger partial charge in [0.15, 0.2) is 5.82 Å². The van der Waals surface area contributed by atoms with Crippen molar-refractivity contribution in [2.75, 3.05) is 5.32 Å². The fourth-order valence-corrected chi connectivity index (χ4v) is 5.85. The summed E-state index contributed by atoms with van der Waals surface area (Å²) in [5.74, 6) is 4.82. The third kappa shape index (κ3) is 1.57. The number of hydrogen-bond acceptors (Lipinski definition) is 5. The first-order valence-electron chi connectivity index (χ1n) is 8.78. The molecule has 6 aliphatic rings. The van der Waals surface area contributed by atoms with Crippen LogP contribution in [0.1, 0.15) is 32.1 Å². The minimum atomic E-state index is -0.00526. The Morgan fingerprint density at radius 2 is 1.78 bits per heavy atom. The van der Waals surface area contributed by atoms with Crippen LogP contribution in [-0.2, 0) is 0 Å². The van der Waals surface area contributed by atoms with Crippen molar-refractivity contribution in [3.63, 3.8) is 0 Å². The van der Waals surface area contributed by atoms with E-state index in [1.165, 1.54) is 32.1 Å². The zero-order valence-electron chi connectivity index (χ0n) is 13.0. The largest absolute Gasteiger partial charge is 0.445 e. The minimum Gasteiger partial charge on any atom is -0.445 e. The average Bonchev–Trinajstić information content (AvgIpc) is 2.57. The van der Waals surface area contributed by atoms with Crippen LogP contribution in [0.5, 0.6) is 5.88 Å². The lowest BCUT2D eigenvalue weighted by molar-refractivity contribution is -0.0530. The molecule has 1 aromatic rings. The molecule has 4 saturated carbocycles. The molecular formula is C18H20N4O. The molecule has 23 heavy (non-hydrogen) atoms. The van der Waals surface area contributed by atoms with Gasteiger partial charge in [-0.1, -0.05) is 0 Å². The molecule has 4 bridgehead atoms. The molecule has 1 aromatic heterocycles. The van der Waals surface area contributed by atoms with Crippen molar-refractivity contribution in [3.8, 4) is 5.88 Å². The second-order valence-corrected chi connectivity index (χ2v) is 7.85. The molecule has 4 aliphatic carbocycles. The second kappa shape index (κ2) is 4.08. The molecule has 0 saturated heterocycles. The lowest BCUT2D eigenvalue weighted by atomic mass is 9.51. The molecule has 5 nitrogen and oxygen atoms in total. The Morgan fingerprint density at radius 3 is 2.57 bits per heavy atom. The van der Waals surface area contributed by atoms with Gasteiger partial charge in [-0.2, -0.15) is 0 Å². The van der Waals surface area contributed by atoms with Crippen molar-refractivity contribution in [3.05, 3.63) is 23.0 Å². The van der Waals surface area contributed by atoms with E-state index in [-0.39, 0.29) is 5.66 Å². The van der Waals surface area contributed by atoms with Crippen molar-refractivity contribution in [1.29, 1.82) is 0 Å². The van der Waals surface area contributed by atoms with E-state index >= 15 is 0 Å². The molecule has 118 valence electrons. The molecule has 7 rings (SSSR count). The summed E-state index contributed by atoms with van der Waals surface area (Å²) in [6.45, 7) is 0. The quantitative estimate of drug-likeness (QED) is 0.751. The van der Waals surface area contributed by atoms with E-state index in [9.17, 15) is 0 Å². The summed E-state index contributed by atoms with van der Waals surface area (Å²) >= 11 is 0. The maximum Gasteiger partial charge on any atom is 0.245 e. The van der Waals surface area contributed by atoms with Crippen LogP contribution >= 0.6 is 0 Å². The van der Waals surface area contributed by atoms with Crippen molar-refractivity contribution in [2.24, 2.45) is 23.7 Å². The van der Waals surface area contributed by atoms with E-state index in [0.717, 1.165) is 28.4 Å². The fraction of sp³-hybridized carbons (Fsp3) is 0.556. The first kappa shape index (κ1) is 12.4. The van der Waals surface area contributed by atoms with Gasteiger partial charge in [-0.05, 0) is 56.1 Å². The molecule has 0 atom stereocenters. The zero-order valence-corrected chi connectivity index (χ0v) is 13.0.